The van der Waals surface area contributed by atoms with E-state index in [4.69, 9.17) is 5.11 Å². The molecular formula is C10H9BrO4. The highest BCUT2D eigenvalue weighted by atomic mass is 79.9. The molecule has 0 unspecified atom stereocenters. The van der Waals surface area contributed by atoms with Crippen LogP contribution in [0.25, 0.3) is 6.08 Å². The summed E-state index contributed by atoms with van der Waals surface area (Å²) in [5, 5.41) is 28.0. The third-order valence-corrected chi connectivity index (χ3v) is 2.14. The zero-order chi connectivity index (χ0) is 11.4. The van der Waals surface area contributed by atoms with Crippen molar-refractivity contribution < 1.29 is 20.1 Å². The van der Waals surface area contributed by atoms with Gasteiger partial charge in [0.1, 0.15) is 17.1 Å². The number of carboxylic acid groups (broad SMARTS) is 1. The third kappa shape index (κ3) is 2.73. The lowest BCUT2D eigenvalue weighted by atomic mass is 10.1. The smallest absolute Gasteiger partial charge is 0.339 e. The van der Waals surface area contributed by atoms with Crippen molar-refractivity contribution >= 4 is 28.0 Å². The van der Waals surface area contributed by atoms with Gasteiger partial charge >= 0.3 is 5.97 Å². The van der Waals surface area contributed by atoms with E-state index in [1.54, 1.807) is 12.2 Å². The zero-order valence-electron chi connectivity index (χ0n) is 7.64. The van der Waals surface area contributed by atoms with E-state index >= 15 is 0 Å². The highest BCUT2D eigenvalue weighted by Gasteiger charge is 2.12. The lowest BCUT2D eigenvalue weighted by Gasteiger charge is -2.03. The van der Waals surface area contributed by atoms with Gasteiger partial charge in [-0.05, 0) is 6.07 Å². The molecule has 15 heavy (non-hydrogen) atoms. The quantitative estimate of drug-likeness (QED) is 0.738. The number of hydrogen-bond donors (Lipinski definition) is 3. The van der Waals surface area contributed by atoms with Crippen LogP contribution in [0.4, 0.5) is 0 Å². The van der Waals surface area contributed by atoms with Crippen molar-refractivity contribution in [2.24, 2.45) is 0 Å². The normalized spacial score (nSPS) is 10.7. The van der Waals surface area contributed by atoms with Gasteiger partial charge in [0.2, 0.25) is 0 Å². The Morgan fingerprint density at radius 3 is 2.53 bits per heavy atom. The van der Waals surface area contributed by atoms with Crippen molar-refractivity contribution in [2.75, 3.05) is 5.33 Å². The van der Waals surface area contributed by atoms with Crippen molar-refractivity contribution in [1.29, 1.82) is 0 Å². The summed E-state index contributed by atoms with van der Waals surface area (Å²) in [6.45, 7) is 0. The molecule has 0 aliphatic rings. The van der Waals surface area contributed by atoms with E-state index in [9.17, 15) is 15.0 Å². The Kier molecular flexibility index (Phi) is 3.74. The van der Waals surface area contributed by atoms with Crippen molar-refractivity contribution in [1.82, 2.24) is 0 Å². The number of benzene rings is 1. The van der Waals surface area contributed by atoms with Gasteiger partial charge in [-0.3, -0.25) is 0 Å². The molecule has 0 radical (unpaired) electrons. The Hall–Kier alpha value is -1.49. The van der Waals surface area contributed by atoms with Crippen LogP contribution in [0.5, 0.6) is 11.5 Å². The van der Waals surface area contributed by atoms with Crippen LogP contribution in [0, 0.1) is 0 Å². The Morgan fingerprint density at radius 1 is 1.33 bits per heavy atom. The van der Waals surface area contributed by atoms with Gasteiger partial charge in [0.25, 0.3) is 0 Å². The number of carbonyl (C=O) groups is 1. The number of phenolic OH excluding ortho intramolecular Hbond substituents is 1. The topological polar surface area (TPSA) is 77.8 Å². The standard InChI is InChI=1S/C10H9BrO4/c11-3-1-2-6-4-7(10(14)15)9(13)5-8(6)12/h1-2,4-5,12-13H,3H2,(H,14,15). The molecule has 1 aromatic carbocycles. The van der Waals surface area contributed by atoms with Crippen LogP contribution in [0.3, 0.4) is 0 Å². The van der Waals surface area contributed by atoms with Gasteiger partial charge in [-0.2, -0.15) is 0 Å². The highest BCUT2D eigenvalue weighted by Crippen LogP contribution is 2.28. The predicted molar refractivity (Wildman–Crippen MR) is 59.6 cm³/mol. The average molecular weight is 273 g/mol. The number of hydrogen-bond acceptors (Lipinski definition) is 3. The molecule has 0 fully saturated rings. The molecule has 4 nitrogen and oxygen atoms in total. The first-order valence-electron chi connectivity index (χ1n) is 4.08. The zero-order valence-corrected chi connectivity index (χ0v) is 9.23. The number of allylic oxidation sites excluding steroid dienone is 1. The number of alkyl halides is 1. The molecule has 80 valence electrons. The van der Waals surface area contributed by atoms with E-state index < -0.39 is 11.7 Å². The lowest BCUT2D eigenvalue weighted by Crippen LogP contribution is -1.97. The van der Waals surface area contributed by atoms with E-state index in [-0.39, 0.29) is 11.3 Å². The van der Waals surface area contributed by atoms with Gasteiger partial charge in [0.15, 0.2) is 0 Å². The Bertz CT molecular complexity index is 412. The molecule has 0 aliphatic heterocycles. The molecule has 1 aromatic rings. The van der Waals surface area contributed by atoms with Gasteiger partial charge in [0.05, 0.1) is 0 Å². The second-order valence-electron chi connectivity index (χ2n) is 2.79. The van der Waals surface area contributed by atoms with Crippen molar-refractivity contribution in [3.8, 4) is 11.5 Å². The van der Waals surface area contributed by atoms with Gasteiger partial charge in [0, 0.05) is 17.0 Å². The number of rotatable bonds is 3. The summed E-state index contributed by atoms with van der Waals surface area (Å²) < 4.78 is 0. The summed E-state index contributed by atoms with van der Waals surface area (Å²) in [6.07, 6.45) is 3.27. The van der Waals surface area contributed by atoms with E-state index in [0.717, 1.165) is 6.07 Å². The summed E-state index contributed by atoms with van der Waals surface area (Å²) in [5.74, 6) is -1.84. The van der Waals surface area contributed by atoms with Crippen LogP contribution in [-0.4, -0.2) is 26.6 Å². The fourth-order valence-corrected chi connectivity index (χ4v) is 1.26. The second-order valence-corrected chi connectivity index (χ2v) is 3.44. The van der Waals surface area contributed by atoms with E-state index in [1.807, 2.05) is 0 Å². The molecule has 0 saturated carbocycles. The SMILES string of the molecule is O=C(O)c1cc(C=CCBr)c(O)cc1O. The Labute approximate surface area is 94.6 Å². The molecule has 0 amide bonds. The molecular weight excluding hydrogens is 264 g/mol. The van der Waals surface area contributed by atoms with Crippen LogP contribution in [-0.2, 0) is 0 Å². The number of halogens is 1. The highest BCUT2D eigenvalue weighted by molar-refractivity contribution is 9.09. The average Bonchev–Trinajstić information content (AvgIpc) is 2.16. The predicted octanol–water partition coefficient (Wildman–Crippen LogP) is 2.20. The van der Waals surface area contributed by atoms with Crippen LogP contribution >= 0.6 is 15.9 Å². The van der Waals surface area contributed by atoms with Gasteiger partial charge in [-0.15, -0.1) is 0 Å². The van der Waals surface area contributed by atoms with Crippen LogP contribution in [0.15, 0.2) is 18.2 Å². The van der Waals surface area contributed by atoms with Gasteiger partial charge in [-0.1, -0.05) is 28.1 Å². The third-order valence-electron chi connectivity index (χ3n) is 1.76. The second kappa shape index (κ2) is 4.84. The van der Waals surface area contributed by atoms with Crippen molar-refractivity contribution in [2.45, 2.75) is 0 Å². The summed E-state index contributed by atoms with van der Waals surface area (Å²) in [7, 11) is 0. The molecule has 0 aliphatic carbocycles. The minimum Gasteiger partial charge on any atom is -0.507 e. The largest absolute Gasteiger partial charge is 0.507 e. The maximum Gasteiger partial charge on any atom is 0.339 e. The van der Waals surface area contributed by atoms with Gasteiger partial charge < -0.3 is 15.3 Å². The number of phenols is 2. The molecule has 1 rings (SSSR count). The fraction of sp³-hybridized carbons (Fsp3) is 0.100. The molecule has 0 saturated heterocycles. The first-order chi connectivity index (χ1) is 7.06. The minimum absolute atomic E-state index is 0.158. The molecule has 0 aromatic heterocycles. The van der Waals surface area contributed by atoms with Crippen molar-refractivity contribution in [3.63, 3.8) is 0 Å². The summed E-state index contributed by atoms with van der Waals surface area (Å²) in [5.41, 5.74) is 0.117. The monoisotopic (exact) mass is 272 g/mol. The van der Waals surface area contributed by atoms with Crippen LogP contribution < -0.4 is 0 Å². The first-order valence-corrected chi connectivity index (χ1v) is 5.20. The number of aromatic hydroxyl groups is 2. The van der Waals surface area contributed by atoms with Gasteiger partial charge in [-0.25, -0.2) is 4.79 Å². The van der Waals surface area contributed by atoms with E-state index in [2.05, 4.69) is 15.9 Å². The molecule has 0 atom stereocenters. The number of carboxylic acids is 1. The molecule has 0 spiro atoms. The molecule has 3 N–H and O–H groups in total. The van der Waals surface area contributed by atoms with E-state index in [0.29, 0.717) is 10.9 Å². The lowest BCUT2D eigenvalue weighted by molar-refractivity contribution is 0.0693. The van der Waals surface area contributed by atoms with E-state index in [1.165, 1.54) is 6.07 Å². The maximum atomic E-state index is 10.7. The molecule has 0 heterocycles. The Morgan fingerprint density at radius 2 is 2.00 bits per heavy atom. The Balaban J connectivity index is 3.23. The van der Waals surface area contributed by atoms with Crippen LogP contribution in [0.1, 0.15) is 15.9 Å². The molecule has 5 heteroatoms. The maximum absolute atomic E-state index is 10.7. The fourth-order valence-electron chi connectivity index (χ4n) is 1.07. The van der Waals surface area contributed by atoms with Crippen LogP contribution in [0.2, 0.25) is 0 Å². The summed E-state index contributed by atoms with van der Waals surface area (Å²) >= 11 is 3.16. The number of aromatic carboxylic acids is 1. The summed E-state index contributed by atoms with van der Waals surface area (Å²) in [4.78, 5) is 10.7. The minimum atomic E-state index is -1.24. The first kappa shape index (κ1) is 11.6. The van der Waals surface area contributed by atoms with Crippen molar-refractivity contribution in [3.05, 3.63) is 29.3 Å². The summed E-state index contributed by atoms with van der Waals surface area (Å²) in [6, 6.07) is 2.23. The molecule has 0 bridgehead atoms.